The summed E-state index contributed by atoms with van der Waals surface area (Å²) in [6.45, 7) is 4.05. The number of aryl methyl sites for hydroxylation is 1. The molecule has 0 radical (unpaired) electrons. The van der Waals surface area contributed by atoms with Gasteiger partial charge >= 0.3 is 0 Å². The van der Waals surface area contributed by atoms with E-state index in [2.05, 4.69) is 16.0 Å². The van der Waals surface area contributed by atoms with E-state index in [0.717, 1.165) is 12.0 Å². The molecule has 166 valence electrons. The Labute approximate surface area is 184 Å². The van der Waals surface area contributed by atoms with Crippen LogP contribution < -0.4 is 16.0 Å². The molecule has 2 aromatic carbocycles. The average Bonchev–Trinajstić information content (AvgIpc) is 2.77. The number of nitrogens with zero attached hydrogens (tertiary/aromatic N) is 1. The van der Waals surface area contributed by atoms with Gasteiger partial charge in [0.05, 0.1) is 6.54 Å². The third-order valence-corrected chi connectivity index (χ3v) is 4.93. The molecule has 0 spiro atoms. The highest BCUT2D eigenvalue weighted by Crippen LogP contribution is 2.13. The molecular formula is C24H32N4O3. The molecule has 1 unspecified atom stereocenters. The second-order valence-electron chi connectivity index (χ2n) is 7.75. The van der Waals surface area contributed by atoms with E-state index in [4.69, 9.17) is 0 Å². The van der Waals surface area contributed by atoms with Crippen LogP contribution in [-0.4, -0.2) is 49.3 Å². The fourth-order valence-corrected chi connectivity index (χ4v) is 2.80. The van der Waals surface area contributed by atoms with Crippen LogP contribution in [0.3, 0.4) is 0 Å². The van der Waals surface area contributed by atoms with Crippen LogP contribution in [0.25, 0.3) is 0 Å². The van der Waals surface area contributed by atoms with Crippen molar-refractivity contribution in [2.24, 2.45) is 0 Å². The number of carbonyl (C=O) groups excluding carboxylic acids is 3. The van der Waals surface area contributed by atoms with E-state index in [-0.39, 0.29) is 30.3 Å². The zero-order valence-electron chi connectivity index (χ0n) is 18.7. The molecule has 0 saturated carbocycles. The number of hydrogen-bond donors (Lipinski definition) is 3. The molecule has 0 fully saturated rings. The Morgan fingerprint density at radius 3 is 2.35 bits per heavy atom. The molecule has 2 rings (SSSR count). The van der Waals surface area contributed by atoms with Crippen LogP contribution in [0.15, 0.2) is 48.5 Å². The van der Waals surface area contributed by atoms with Gasteiger partial charge in [-0.3, -0.25) is 14.4 Å². The van der Waals surface area contributed by atoms with Crippen molar-refractivity contribution < 1.29 is 14.4 Å². The molecule has 0 heterocycles. The molecule has 0 saturated heterocycles. The zero-order chi connectivity index (χ0) is 22.8. The minimum atomic E-state index is -0.190. The molecule has 0 bridgehead atoms. The highest BCUT2D eigenvalue weighted by Gasteiger charge is 2.10. The molecule has 7 heteroatoms. The molecule has 3 N–H and O–H groups in total. The largest absolute Gasteiger partial charge is 0.376 e. The fourth-order valence-electron chi connectivity index (χ4n) is 2.80. The summed E-state index contributed by atoms with van der Waals surface area (Å²) in [6.07, 6.45) is 1.98. The second kappa shape index (κ2) is 11.7. The topological polar surface area (TPSA) is 90.5 Å². The van der Waals surface area contributed by atoms with E-state index in [1.165, 1.54) is 0 Å². The normalized spacial score (nSPS) is 11.4. The van der Waals surface area contributed by atoms with Gasteiger partial charge in [-0.15, -0.1) is 0 Å². The molecule has 31 heavy (non-hydrogen) atoms. The summed E-state index contributed by atoms with van der Waals surface area (Å²) in [5, 5.41) is 8.81. The summed E-state index contributed by atoms with van der Waals surface area (Å²) in [4.78, 5) is 37.8. The first-order valence-corrected chi connectivity index (χ1v) is 10.5. The highest BCUT2D eigenvalue weighted by atomic mass is 16.2. The first-order valence-electron chi connectivity index (χ1n) is 10.5. The minimum Gasteiger partial charge on any atom is -0.376 e. The highest BCUT2D eigenvalue weighted by molar-refractivity contribution is 5.96. The maximum atomic E-state index is 12.3. The summed E-state index contributed by atoms with van der Waals surface area (Å²) >= 11 is 0. The van der Waals surface area contributed by atoms with E-state index in [1.807, 2.05) is 44.2 Å². The zero-order valence-corrected chi connectivity index (χ0v) is 18.7. The van der Waals surface area contributed by atoms with Gasteiger partial charge in [0.2, 0.25) is 11.8 Å². The fraction of sp³-hybridized carbons (Fsp3) is 0.375. The Balaban J connectivity index is 1.83. The van der Waals surface area contributed by atoms with Crippen molar-refractivity contribution in [2.45, 2.75) is 39.2 Å². The number of rotatable bonds is 10. The lowest BCUT2D eigenvalue weighted by Gasteiger charge is -2.13. The maximum Gasteiger partial charge on any atom is 0.251 e. The van der Waals surface area contributed by atoms with E-state index in [9.17, 15) is 14.4 Å². The lowest BCUT2D eigenvalue weighted by Crippen LogP contribution is -2.31. The number of nitrogens with one attached hydrogen (secondary N) is 3. The van der Waals surface area contributed by atoms with Crippen LogP contribution in [0.5, 0.6) is 0 Å². The monoisotopic (exact) mass is 424 g/mol. The van der Waals surface area contributed by atoms with Gasteiger partial charge in [-0.25, -0.2) is 0 Å². The smallest absolute Gasteiger partial charge is 0.251 e. The quantitative estimate of drug-likeness (QED) is 0.546. The predicted octanol–water partition coefficient (Wildman–Crippen LogP) is 3.29. The van der Waals surface area contributed by atoms with Crippen molar-refractivity contribution in [3.63, 3.8) is 0 Å². The number of hydrogen-bond acceptors (Lipinski definition) is 4. The molecular weight excluding hydrogens is 392 g/mol. The van der Waals surface area contributed by atoms with Crippen LogP contribution in [0.1, 0.15) is 42.6 Å². The van der Waals surface area contributed by atoms with Crippen LogP contribution in [0.4, 0.5) is 11.4 Å². The van der Waals surface area contributed by atoms with E-state index in [1.54, 1.807) is 37.2 Å². The van der Waals surface area contributed by atoms with Gasteiger partial charge in [0.1, 0.15) is 0 Å². The molecule has 2 aromatic rings. The summed E-state index contributed by atoms with van der Waals surface area (Å²) in [7, 11) is 3.49. The number of amides is 3. The van der Waals surface area contributed by atoms with Crippen LogP contribution >= 0.6 is 0 Å². The Morgan fingerprint density at radius 1 is 1.00 bits per heavy atom. The van der Waals surface area contributed by atoms with Crippen molar-refractivity contribution in [3.8, 4) is 0 Å². The van der Waals surface area contributed by atoms with Crippen molar-refractivity contribution >= 4 is 29.1 Å². The Bertz CT molecular complexity index is 894. The molecule has 7 nitrogen and oxygen atoms in total. The summed E-state index contributed by atoms with van der Waals surface area (Å²) in [5.41, 5.74) is 2.98. The Morgan fingerprint density at radius 2 is 1.71 bits per heavy atom. The van der Waals surface area contributed by atoms with E-state index < -0.39 is 0 Å². The predicted molar refractivity (Wildman–Crippen MR) is 124 cm³/mol. The van der Waals surface area contributed by atoms with Gasteiger partial charge in [-0.1, -0.05) is 25.1 Å². The lowest BCUT2D eigenvalue weighted by atomic mass is 10.1. The van der Waals surface area contributed by atoms with Crippen LogP contribution in [-0.2, 0) is 16.0 Å². The Kier molecular flexibility index (Phi) is 9.06. The van der Waals surface area contributed by atoms with Gasteiger partial charge < -0.3 is 20.9 Å². The maximum absolute atomic E-state index is 12.3. The van der Waals surface area contributed by atoms with Gasteiger partial charge in [0.25, 0.3) is 5.91 Å². The SMILES string of the molecule is CCC(C)NC(=O)c1cccc(NCC(=O)Nc2ccc(CCC(=O)N(C)C)cc2)c1. The van der Waals surface area contributed by atoms with Gasteiger partial charge in [0.15, 0.2) is 0 Å². The molecule has 0 aliphatic heterocycles. The van der Waals surface area contributed by atoms with Gasteiger partial charge in [0, 0.05) is 43.5 Å². The first kappa shape index (κ1) is 23.9. The van der Waals surface area contributed by atoms with Crippen molar-refractivity contribution in [1.29, 1.82) is 0 Å². The van der Waals surface area contributed by atoms with Crippen LogP contribution in [0, 0.1) is 0 Å². The summed E-state index contributed by atoms with van der Waals surface area (Å²) in [6, 6.07) is 14.7. The van der Waals surface area contributed by atoms with Crippen molar-refractivity contribution in [2.75, 3.05) is 31.3 Å². The van der Waals surface area contributed by atoms with E-state index in [0.29, 0.717) is 29.8 Å². The summed E-state index contributed by atoms with van der Waals surface area (Å²) < 4.78 is 0. The molecule has 0 aliphatic rings. The molecule has 1 atom stereocenters. The van der Waals surface area contributed by atoms with Crippen molar-refractivity contribution in [3.05, 3.63) is 59.7 Å². The first-order chi connectivity index (χ1) is 14.8. The van der Waals surface area contributed by atoms with Gasteiger partial charge in [-0.2, -0.15) is 0 Å². The lowest BCUT2D eigenvalue weighted by molar-refractivity contribution is -0.128. The van der Waals surface area contributed by atoms with E-state index >= 15 is 0 Å². The molecule has 3 amide bonds. The standard InChI is InChI=1S/C24H32N4O3/c1-5-17(2)26-24(31)19-7-6-8-21(15-19)25-16-22(29)27-20-12-9-18(10-13-20)11-14-23(30)28(3)4/h6-10,12-13,15,17,25H,5,11,14,16H2,1-4H3,(H,26,31)(H,27,29). The Hall–Kier alpha value is -3.35. The van der Waals surface area contributed by atoms with Gasteiger partial charge in [-0.05, 0) is 55.7 Å². The summed E-state index contributed by atoms with van der Waals surface area (Å²) in [5.74, 6) is -0.232. The minimum absolute atomic E-state index is 0.0789. The van der Waals surface area contributed by atoms with Crippen LogP contribution in [0.2, 0.25) is 0 Å². The number of carbonyl (C=O) groups is 3. The van der Waals surface area contributed by atoms with Crippen molar-refractivity contribution in [1.82, 2.24) is 10.2 Å². The molecule has 0 aromatic heterocycles. The molecule has 0 aliphatic carbocycles. The average molecular weight is 425 g/mol. The third kappa shape index (κ3) is 8.12. The number of benzene rings is 2. The number of anilines is 2. The third-order valence-electron chi connectivity index (χ3n) is 4.93. The second-order valence-corrected chi connectivity index (χ2v) is 7.75.